The zero-order chi connectivity index (χ0) is 21.9. The number of anilines is 2. The molecule has 3 aromatic rings. The Hall–Kier alpha value is -2.13. The number of hydrogen-bond donors (Lipinski definition) is 2. The third-order valence-electron chi connectivity index (χ3n) is 3.65. The van der Waals surface area contributed by atoms with Crippen LogP contribution in [0.2, 0.25) is 15.1 Å². The number of alkyl halides is 3. The Kier molecular flexibility index (Phi) is 7.02. The first-order valence-corrected chi connectivity index (χ1v) is 10.1. The summed E-state index contributed by atoms with van der Waals surface area (Å²) in [4.78, 5) is 16.7. The summed E-state index contributed by atoms with van der Waals surface area (Å²) in [7, 11) is 0. The van der Waals surface area contributed by atoms with Gasteiger partial charge in [0.15, 0.2) is 0 Å². The standard InChI is InChI=1S/C19H11Cl3F3N3OS/c20-12-6-5-11(8-13(12)21)27-18(29)28-15-3-1-2-4-16(15)30-17-14(22)7-10(9-26-17)19(23,24)25/h1-9H,(H2,27,28,29). The summed E-state index contributed by atoms with van der Waals surface area (Å²) in [5, 5.41) is 5.95. The highest BCUT2D eigenvalue weighted by atomic mass is 35.5. The van der Waals surface area contributed by atoms with E-state index in [1.807, 2.05) is 0 Å². The molecule has 0 saturated carbocycles. The molecule has 0 aliphatic rings. The molecular formula is C19H11Cl3F3N3OS. The van der Waals surface area contributed by atoms with E-state index in [1.165, 1.54) is 6.07 Å². The molecule has 3 rings (SSSR count). The molecule has 156 valence electrons. The van der Waals surface area contributed by atoms with E-state index in [2.05, 4.69) is 15.6 Å². The lowest BCUT2D eigenvalue weighted by atomic mass is 10.3. The Balaban J connectivity index is 1.76. The highest BCUT2D eigenvalue weighted by Crippen LogP contribution is 2.38. The molecule has 0 fully saturated rings. The number of para-hydroxylation sites is 1. The number of halogens is 6. The molecular weight excluding hydrogens is 482 g/mol. The van der Waals surface area contributed by atoms with Crippen molar-refractivity contribution in [2.24, 2.45) is 0 Å². The van der Waals surface area contributed by atoms with Gasteiger partial charge in [0.1, 0.15) is 5.03 Å². The number of urea groups is 1. The summed E-state index contributed by atoms with van der Waals surface area (Å²) >= 11 is 18.8. The average Bonchev–Trinajstić information content (AvgIpc) is 2.67. The fraction of sp³-hybridized carbons (Fsp3) is 0.0526. The zero-order valence-corrected chi connectivity index (χ0v) is 17.8. The van der Waals surface area contributed by atoms with Crippen molar-refractivity contribution in [3.8, 4) is 0 Å². The molecule has 2 aromatic carbocycles. The Morgan fingerprint density at radius 2 is 1.67 bits per heavy atom. The molecule has 0 radical (unpaired) electrons. The van der Waals surface area contributed by atoms with Crippen LogP contribution in [0.15, 0.2) is 64.6 Å². The monoisotopic (exact) mass is 491 g/mol. The van der Waals surface area contributed by atoms with Gasteiger partial charge in [-0.2, -0.15) is 13.2 Å². The first kappa shape index (κ1) is 22.6. The smallest absolute Gasteiger partial charge is 0.308 e. The van der Waals surface area contributed by atoms with Gasteiger partial charge in [-0.1, -0.05) is 58.7 Å². The zero-order valence-electron chi connectivity index (χ0n) is 14.7. The molecule has 0 aliphatic carbocycles. The molecule has 0 atom stereocenters. The molecule has 0 aliphatic heterocycles. The maximum atomic E-state index is 12.8. The van der Waals surface area contributed by atoms with Gasteiger partial charge in [0.25, 0.3) is 0 Å². The van der Waals surface area contributed by atoms with Gasteiger partial charge in [-0.15, -0.1) is 0 Å². The molecule has 0 unspecified atom stereocenters. The maximum Gasteiger partial charge on any atom is 0.417 e. The normalized spacial score (nSPS) is 11.3. The fourth-order valence-electron chi connectivity index (χ4n) is 2.28. The van der Waals surface area contributed by atoms with Gasteiger partial charge in [-0.05, 0) is 36.4 Å². The predicted molar refractivity (Wildman–Crippen MR) is 114 cm³/mol. The third-order valence-corrected chi connectivity index (χ3v) is 5.89. The summed E-state index contributed by atoms with van der Waals surface area (Å²) < 4.78 is 38.4. The van der Waals surface area contributed by atoms with Crippen LogP contribution >= 0.6 is 46.6 Å². The van der Waals surface area contributed by atoms with Crippen LogP contribution < -0.4 is 10.6 Å². The summed E-state index contributed by atoms with van der Waals surface area (Å²) in [6.07, 6.45) is -3.83. The van der Waals surface area contributed by atoms with Crippen LogP contribution in [0.5, 0.6) is 0 Å². The number of hydrogen-bond acceptors (Lipinski definition) is 3. The van der Waals surface area contributed by atoms with Crippen molar-refractivity contribution in [3.63, 3.8) is 0 Å². The van der Waals surface area contributed by atoms with Crippen LogP contribution in [-0.4, -0.2) is 11.0 Å². The molecule has 0 saturated heterocycles. The van der Waals surface area contributed by atoms with Gasteiger partial charge in [0, 0.05) is 16.8 Å². The highest BCUT2D eigenvalue weighted by molar-refractivity contribution is 7.99. The third kappa shape index (κ3) is 5.72. The van der Waals surface area contributed by atoms with E-state index >= 15 is 0 Å². The number of nitrogens with one attached hydrogen (secondary N) is 2. The molecule has 1 heterocycles. The molecule has 1 aromatic heterocycles. The number of amides is 2. The number of carbonyl (C=O) groups excluding carboxylic acids is 1. The summed E-state index contributed by atoms with van der Waals surface area (Å²) in [6.45, 7) is 0. The van der Waals surface area contributed by atoms with E-state index in [0.717, 1.165) is 17.8 Å². The molecule has 30 heavy (non-hydrogen) atoms. The average molecular weight is 493 g/mol. The predicted octanol–water partition coefficient (Wildman–Crippen LogP) is 7.86. The molecule has 2 N–H and O–H groups in total. The maximum absolute atomic E-state index is 12.8. The van der Waals surface area contributed by atoms with Crippen molar-refractivity contribution in [2.45, 2.75) is 16.1 Å². The van der Waals surface area contributed by atoms with Gasteiger partial charge in [0.05, 0.1) is 26.3 Å². The number of carbonyl (C=O) groups is 1. The lowest BCUT2D eigenvalue weighted by Gasteiger charge is -2.13. The molecule has 2 amide bonds. The van der Waals surface area contributed by atoms with E-state index in [9.17, 15) is 18.0 Å². The van der Waals surface area contributed by atoms with Crippen LogP contribution in [0.1, 0.15) is 5.56 Å². The quantitative estimate of drug-likeness (QED) is 0.390. The molecule has 11 heteroatoms. The minimum Gasteiger partial charge on any atom is -0.308 e. The number of nitrogens with zero attached hydrogens (tertiary/aromatic N) is 1. The van der Waals surface area contributed by atoms with Gasteiger partial charge in [-0.25, -0.2) is 9.78 Å². The van der Waals surface area contributed by atoms with Crippen molar-refractivity contribution in [3.05, 3.63) is 75.4 Å². The lowest BCUT2D eigenvalue weighted by molar-refractivity contribution is -0.137. The second-order valence-electron chi connectivity index (χ2n) is 5.81. The van der Waals surface area contributed by atoms with Gasteiger partial charge in [0.2, 0.25) is 0 Å². The van der Waals surface area contributed by atoms with Crippen LogP contribution in [-0.2, 0) is 6.18 Å². The molecule has 4 nitrogen and oxygen atoms in total. The van der Waals surface area contributed by atoms with E-state index in [-0.39, 0.29) is 15.1 Å². The number of rotatable bonds is 4. The van der Waals surface area contributed by atoms with Crippen molar-refractivity contribution >= 4 is 64.0 Å². The minimum absolute atomic E-state index is 0.148. The number of aromatic nitrogens is 1. The molecule has 0 bridgehead atoms. The van der Waals surface area contributed by atoms with E-state index in [4.69, 9.17) is 34.8 Å². The number of pyridine rings is 1. The second-order valence-corrected chi connectivity index (χ2v) is 8.07. The van der Waals surface area contributed by atoms with Gasteiger partial charge in [-0.3, -0.25) is 0 Å². The SMILES string of the molecule is O=C(Nc1ccc(Cl)c(Cl)c1)Nc1ccccc1Sc1ncc(C(F)(F)F)cc1Cl. The van der Waals surface area contributed by atoms with E-state index in [0.29, 0.717) is 27.5 Å². The largest absolute Gasteiger partial charge is 0.417 e. The number of benzene rings is 2. The van der Waals surface area contributed by atoms with Gasteiger partial charge < -0.3 is 10.6 Å². The topological polar surface area (TPSA) is 54.0 Å². The van der Waals surface area contributed by atoms with Crippen LogP contribution in [0.25, 0.3) is 0 Å². The lowest BCUT2D eigenvalue weighted by Crippen LogP contribution is -2.19. The van der Waals surface area contributed by atoms with Crippen LogP contribution in [0.3, 0.4) is 0 Å². The fourth-order valence-corrected chi connectivity index (χ4v) is 3.70. The summed E-state index contributed by atoms with van der Waals surface area (Å²) in [5.41, 5.74) is -0.0958. The Morgan fingerprint density at radius 3 is 2.33 bits per heavy atom. The van der Waals surface area contributed by atoms with Gasteiger partial charge >= 0.3 is 12.2 Å². The van der Waals surface area contributed by atoms with Crippen LogP contribution in [0.4, 0.5) is 29.3 Å². The summed E-state index contributed by atoms with van der Waals surface area (Å²) in [6, 6.07) is 11.6. The minimum atomic E-state index is -4.54. The highest BCUT2D eigenvalue weighted by Gasteiger charge is 2.31. The first-order chi connectivity index (χ1) is 14.1. The summed E-state index contributed by atoms with van der Waals surface area (Å²) in [5.74, 6) is 0. The van der Waals surface area contributed by atoms with Crippen molar-refractivity contribution in [2.75, 3.05) is 10.6 Å². The second kappa shape index (κ2) is 9.34. The Morgan fingerprint density at radius 1 is 0.933 bits per heavy atom. The van der Waals surface area contributed by atoms with E-state index in [1.54, 1.807) is 36.4 Å². The van der Waals surface area contributed by atoms with E-state index < -0.39 is 17.8 Å². The molecule has 0 spiro atoms. The van der Waals surface area contributed by atoms with Crippen molar-refractivity contribution < 1.29 is 18.0 Å². The Bertz CT molecular complexity index is 1100. The van der Waals surface area contributed by atoms with Crippen molar-refractivity contribution in [1.29, 1.82) is 0 Å². The van der Waals surface area contributed by atoms with Crippen LogP contribution in [0, 0.1) is 0 Å². The first-order valence-electron chi connectivity index (χ1n) is 8.16. The van der Waals surface area contributed by atoms with Crippen molar-refractivity contribution in [1.82, 2.24) is 4.98 Å². The Labute approximate surface area is 188 Å².